The van der Waals surface area contributed by atoms with Gasteiger partial charge >= 0.3 is 0 Å². The Kier molecular flexibility index (Phi) is 5.67. The van der Waals surface area contributed by atoms with Crippen molar-refractivity contribution in [1.29, 1.82) is 0 Å². The molecule has 19 heavy (non-hydrogen) atoms. The van der Waals surface area contributed by atoms with Crippen molar-refractivity contribution >= 4 is 0 Å². The highest BCUT2D eigenvalue weighted by atomic mass is 16.5. The lowest BCUT2D eigenvalue weighted by atomic mass is 9.84. The van der Waals surface area contributed by atoms with Gasteiger partial charge in [0.2, 0.25) is 0 Å². The number of nitrogens with one attached hydrogen (secondary N) is 1. The van der Waals surface area contributed by atoms with Crippen molar-refractivity contribution in [3.05, 3.63) is 30.3 Å². The van der Waals surface area contributed by atoms with Crippen LogP contribution in [0.1, 0.15) is 26.2 Å². The first-order chi connectivity index (χ1) is 9.35. The van der Waals surface area contributed by atoms with Crippen LogP contribution in [0.3, 0.4) is 0 Å². The van der Waals surface area contributed by atoms with E-state index in [1.807, 2.05) is 30.3 Å². The van der Waals surface area contributed by atoms with E-state index in [2.05, 4.69) is 12.2 Å². The minimum absolute atomic E-state index is 0.268. The fourth-order valence-corrected chi connectivity index (χ4v) is 2.51. The lowest BCUT2D eigenvalue weighted by Gasteiger charge is -2.27. The van der Waals surface area contributed by atoms with Gasteiger partial charge < -0.3 is 14.8 Å². The molecule has 0 radical (unpaired) electrons. The van der Waals surface area contributed by atoms with E-state index in [1.165, 1.54) is 6.42 Å². The second-order valence-corrected chi connectivity index (χ2v) is 5.39. The molecule has 0 saturated carbocycles. The van der Waals surface area contributed by atoms with Crippen LogP contribution in [-0.2, 0) is 4.74 Å². The Hall–Kier alpha value is -1.06. The molecule has 2 rings (SSSR count). The fourth-order valence-electron chi connectivity index (χ4n) is 2.51. The highest BCUT2D eigenvalue weighted by molar-refractivity contribution is 5.20. The minimum atomic E-state index is 0.268. The number of hydrogen-bond donors (Lipinski definition) is 1. The van der Waals surface area contributed by atoms with Crippen molar-refractivity contribution < 1.29 is 9.47 Å². The van der Waals surface area contributed by atoms with Gasteiger partial charge in [-0.2, -0.15) is 0 Å². The average Bonchev–Trinajstić information content (AvgIpc) is 2.89. The molecule has 0 aliphatic carbocycles. The number of rotatable bonds is 8. The Morgan fingerprint density at radius 1 is 1.32 bits per heavy atom. The molecule has 3 nitrogen and oxygen atoms in total. The molecular weight excluding hydrogens is 238 g/mol. The number of para-hydroxylation sites is 1. The SMILES string of the molecule is CCCNCC1(CCOc2ccccc2)CCOC1. The van der Waals surface area contributed by atoms with Crippen molar-refractivity contribution in [1.82, 2.24) is 5.32 Å². The molecule has 1 unspecified atom stereocenters. The second-order valence-electron chi connectivity index (χ2n) is 5.39. The van der Waals surface area contributed by atoms with Crippen molar-refractivity contribution in [2.75, 3.05) is 32.9 Å². The van der Waals surface area contributed by atoms with Gasteiger partial charge in [0, 0.05) is 18.6 Å². The van der Waals surface area contributed by atoms with Gasteiger partial charge in [-0.1, -0.05) is 25.1 Å². The number of hydrogen-bond acceptors (Lipinski definition) is 3. The predicted molar refractivity (Wildman–Crippen MR) is 77.6 cm³/mol. The Bertz CT molecular complexity index is 347. The van der Waals surface area contributed by atoms with E-state index in [0.717, 1.165) is 51.5 Å². The Morgan fingerprint density at radius 3 is 2.84 bits per heavy atom. The summed E-state index contributed by atoms with van der Waals surface area (Å²) >= 11 is 0. The zero-order valence-electron chi connectivity index (χ0n) is 11.9. The Balaban J connectivity index is 1.77. The van der Waals surface area contributed by atoms with Crippen LogP contribution in [0.2, 0.25) is 0 Å². The van der Waals surface area contributed by atoms with Crippen LogP contribution in [-0.4, -0.2) is 32.9 Å². The largest absolute Gasteiger partial charge is 0.494 e. The molecular formula is C16H25NO2. The number of ether oxygens (including phenoxy) is 2. The second kappa shape index (κ2) is 7.51. The van der Waals surface area contributed by atoms with Crippen LogP contribution in [0, 0.1) is 5.41 Å². The molecule has 0 amide bonds. The van der Waals surface area contributed by atoms with Gasteiger partial charge in [-0.3, -0.25) is 0 Å². The molecule has 1 heterocycles. The van der Waals surface area contributed by atoms with Gasteiger partial charge in [-0.05, 0) is 37.9 Å². The van der Waals surface area contributed by atoms with Crippen LogP contribution < -0.4 is 10.1 Å². The van der Waals surface area contributed by atoms with Crippen LogP contribution in [0.25, 0.3) is 0 Å². The van der Waals surface area contributed by atoms with Crippen molar-refractivity contribution in [2.24, 2.45) is 5.41 Å². The van der Waals surface area contributed by atoms with E-state index in [9.17, 15) is 0 Å². The highest BCUT2D eigenvalue weighted by Gasteiger charge is 2.34. The lowest BCUT2D eigenvalue weighted by Crippen LogP contribution is -2.36. The van der Waals surface area contributed by atoms with Gasteiger partial charge in [0.15, 0.2) is 0 Å². The normalized spacial score (nSPS) is 22.6. The lowest BCUT2D eigenvalue weighted by molar-refractivity contribution is 0.129. The van der Waals surface area contributed by atoms with Gasteiger partial charge in [0.05, 0.1) is 13.2 Å². The predicted octanol–water partition coefficient (Wildman–Crippen LogP) is 2.86. The summed E-state index contributed by atoms with van der Waals surface area (Å²) in [5.74, 6) is 0.957. The maximum Gasteiger partial charge on any atom is 0.119 e. The first kappa shape index (κ1) is 14.4. The van der Waals surface area contributed by atoms with Crippen LogP contribution >= 0.6 is 0 Å². The molecule has 1 aliphatic rings. The van der Waals surface area contributed by atoms with Crippen LogP contribution in [0.5, 0.6) is 5.75 Å². The average molecular weight is 263 g/mol. The first-order valence-corrected chi connectivity index (χ1v) is 7.31. The summed E-state index contributed by atoms with van der Waals surface area (Å²) in [4.78, 5) is 0. The van der Waals surface area contributed by atoms with E-state index in [-0.39, 0.29) is 5.41 Å². The Morgan fingerprint density at radius 2 is 2.16 bits per heavy atom. The third-order valence-corrected chi connectivity index (χ3v) is 3.76. The van der Waals surface area contributed by atoms with E-state index >= 15 is 0 Å². The molecule has 1 aromatic carbocycles. The first-order valence-electron chi connectivity index (χ1n) is 7.31. The van der Waals surface area contributed by atoms with Gasteiger partial charge in [0.1, 0.15) is 5.75 Å². The van der Waals surface area contributed by atoms with Gasteiger partial charge in [0.25, 0.3) is 0 Å². The molecule has 106 valence electrons. The van der Waals surface area contributed by atoms with Crippen molar-refractivity contribution in [3.63, 3.8) is 0 Å². The molecule has 1 saturated heterocycles. The summed E-state index contributed by atoms with van der Waals surface area (Å²) in [6.45, 7) is 6.84. The fraction of sp³-hybridized carbons (Fsp3) is 0.625. The molecule has 0 spiro atoms. The van der Waals surface area contributed by atoms with E-state index in [4.69, 9.17) is 9.47 Å². The monoisotopic (exact) mass is 263 g/mol. The quantitative estimate of drug-likeness (QED) is 0.732. The van der Waals surface area contributed by atoms with Crippen LogP contribution in [0.15, 0.2) is 30.3 Å². The molecule has 1 atom stereocenters. The summed E-state index contributed by atoms with van der Waals surface area (Å²) in [6, 6.07) is 10.0. The van der Waals surface area contributed by atoms with Crippen LogP contribution in [0.4, 0.5) is 0 Å². The third kappa shape index (κ3) is 4.51. The van der Waals surface area contributed by atoms with E-state index in [1.54, 1.807) is 0 Å². The van der Waals surface area contributed by atoms with Gasteiger partial charge in [-0.25, -0.2) is 0 Å². The summed E-state index contributed by atoms with van der Waals surface area (Å²) in [5, 5.41) is 3.53. The van der Waals surface area contributed by atoms with Crippen molar-refractivity contribution in [2.45, 2.75) is 26.2 Å². The zero-order chi connectivity index (χ0) is 13.4. The summed E-state index contributed by atoms with van der Waals surface area (Å²) < 4.78 is 11.4. The molecule has 1 N–H and O–H groups in total. The van der Waals surface area contributed by atoms with Gasteiger partial charge in [-0.15, -0.1) is 0 Å². The maximum atomic E-state index is 5.82. The summed E-state index contributed by atoms with van der Waals surface area (Å²) in [7, 11) is 0. The molecule has 3 heteroatoms. The van der Waals surface area contributed by atoms with E-state index in [0.29, 0.717) is 0 Å². The topological polar surface area (TPSA) is 30.5 Å². The number of benzene rings is 1. The molecule has 0 aromatic heterocycles. The maximum absolute atomic E-state index is 5.82. The Labute approximate surface area is 116 Å². The van der Waals surface area contributed by atoms with E-state index < -0.39 is 0 Å². The highest BCUT2D eigenvalue weighted by Crippen LogP contribution is 2.31. The molecule has 1 aliphatic heterocycles. The standard InChI is InChI=1S/C16H25NO2/c1-2-10-17-13-16(8-11-18-14-16)9-12-19-15-6-4-3-5-7-15/h3-7,17H,2,8-14H2,1H3. The smallest absolute Gasteiger partial charge is 0.119 e. The summed E-state index contributed by atoms with van der Waals surface area (Å²) in [5.41, 5.74) is 0.268. The summed E-state index contributed by atoms with van der Waals surface area (Å²) in [6.07, 6.45) is 3.37. The molecule has 1 aromatic rings. The minimum Gasteiger partial charge on any atom is -0.494 e. The third-order valence-electron chi connectivity index (χ3n) is 3.76. The van der Waals surface area contributed by atoms with Crippen molar-refractivity contribution in [3.8, 4) is 5.75 Å². The molecule has 0 bridgehead atoms. The zero-order valence-corrected chi connectivity index (χ0v) is 11.9. The molecule has 1 fully saturated rings.